The Balaban J connectivity index is 1.45. The Morgan fingerprint density at radius 3 is 2.33 bits per heavy atom. The first-order valence-electron chi connectivity index (χ1n) is 11.8. The van der Waals surface area contributed by atoms with Gasteiger partial charge in [0, 0.05) is 11.5 Å². The van der Waals surface area contributed by atoms with E-state index in [1.165, 1.54) is 61.6 Å². The Kier molecular flexibility index (Phi) is 6.23. The number of carbonyl (C=O) groups excluding carboxylic acids is 1. The van der Waals surface area contributed by atoms with Crippen molar-refractivity contribution in [2.24, 2.45) is 0 Å². The zero-order valence-electron chi connectivity index (χ0n) is 19.0. The Bertz CT molecular complexity index is 1120. The molecule has 33 heavy (non-hydrogen) atoms. The average molecular weight is 465 g/mol. The molecule has 0 amide bonds. The standard InChI is InChI=1S/C26H29FN4OS/c1-16(2)25-28-29-26-31(25)30-22(19-12-14-21(27)15-13-19)24(33-26)23(32)20-10-8-18(9-11-20)17-6-4-3-5-7-17/h8-17,22,24,30H,3-7H2,1-2H3/t22-,24-/m0/s1. The van der Waals surface area contributed by atoms with Gasteiger partial charge in [0.1, 0.15) is 11.1 Å². The number of nitrogens with one attached hydrogen (secondary N) is 1. The molecule has 0 bridgehead atoms. The molecular weight excluding hydrogens is 435 g/mol. The Morgan fingerprint density at radius 1 is 1.00 bits per heavy atom. The lowest BCUT2D eigenvalue weighted by Gasteiger charge is -2.33. The fourth-order valence-electron chi connectivity index (χ4n) is 4.89. The number of hydrogen-bond acceptors (Lipinski definition) is 5. The minimum Gasteiger partial charge on any atom is -0.313 e. The van der Waals surface area contributed by atoms with Crippen molar-refractivity contribution in [1.82, 2.24) is 14.9 Å². The molecule has 3 aromatic rings. The highest BCUT2D eigenvalue weighted by Gasteiger charge is 2.38. The van der Waals surface area contributed by atoms with Gasteiger partial charge in [0.2, 0.25) is 5.16 Å². The minimum atomic E-state index is -0.437. The van der Waals surface area contributed by atoms with Gasteiger partial charge in [-0.15, -0.1) is 10.2 Å². The van der Waals surface area contributed by atoms with Gasteiger partial charge in [-0.2, -0.15) is 0 Å². The van der Waals surface area contributed by atoms with Crippen molar-refractivity contribution in [1.29, 1.82) is 0 Å². The number of fused-ring (bicyclic) bond motifs is 1. The number of benzene rings is 2. The number of thioether (sulfide) groups is 1. The number of rotatable bonds is 5. The van der Waals surface area contributed by atoms with Gasteiger partial charge in [0.05, 0.1) is 6.04 Å². The molecule has 0 saturated heterocycles. The maximum Gasteiger partial charge on any atom is 0.210 e. The molecule has 5 nitrogen and oxygen atoms in total. The zero-order valence-corrected chi connectivity index (χ0v) is 19.8. The van der Waals surface area contributed by atoms with Crippen molar-refractivity contribution < 1.29 is 9.18 Å². The van der Waals surface area contributed by atoms with Crippen LogP contribution in [0.4, 0.5) is 4.39 Å². The van der Waals surface area contributed by atoms with Crippen LogP contribution in [-0.2, 0) is 0 Å². The smallest absolute Gasteiger partial charge is 0.210 e. The molecule has 2 heterocycles. The highest BCUT2D eigenvalue weighted by Crippen LogP contribution is 2.40. The monoisotopic (exact) mass is 464 g/mol. The first-order chi connectivity index (χ1) is 16.0. The summed E-state index contributed by atoms with van der Waals surface area (Å²) in [5.74, 6) is 1.34. The van der Waals surface area contributed by atoms with E-state index < -0.39 is 5.25 Å². The van der Waals surface area contributed by atoms with Gasteiger partial charge >= 0.3 is 0 Å². The van der Waals surface area contributed by atoms with Crippen LogP contribution in [0, 0.1) is 5.82 Å². The Hall–Kier alpha value is -2.67. The number of Topliss-reactive ketones (excluding diaryl/α,β-unsaturated/α-hetero) is 1. The van der Waals surface area contributed by atoms with E-state index in [2.05, 4.69) is 41.6 Å². The van der Waals surface area contributed by atoms with E-state index in [9.17, 15) is 9.18 Å². The number of carbonyl (C=O) groups is 1. The second-order valence-corrected chi connectivity index (χ2v) is 10.5. The van der Waals surface area contributed by atoms with Gasteiger partial charge in [-0.25, -0.2) is 9.07 Å². The SMILES string of the molecule is CC(C)c1nnc2n1N[C@@H](c1ccc(F)cc1)[C@@H](C(=O)c1ccc(C3CCCCC3)cc1)S2. The molecule has 2 atom stereocenters. The van der Waals surface area contributed by atoms with Crippen LogP contribution in [0.2, 0.25) is 0 Å². The minimum absolute atomic E-state index is 0.0392. The Labute approximate surface area is 198 Å². The fraction of sp³-hybridized carbons (Fsp3) is 0.423. The molecule has 0 spiro atoms. The fourth-order valence-corrected chi connectivity index (χ4v) is 6.05. The maximum absolute atomic E-state index is 13.7. The normalized spacial score (nSPS) is 21.0. The highest BCUT2D eigenvalue weighted by molar-refractivity contribution is 8.00. The first-order valence-corrected chi connectivity index (χ1v) is 12.7. The molecule has 0 radical (unpaired) electrons. The summed E-state index contributed by atoms with van der Waals surface area (Å²) in [6.45, 7) is 4.11. The van der Waals surface area contributed by atoms with E-state index in [1.807, 2.05) is 16.8 Å². The molecule has 0 unspecified atom stereocenters. The van der Waals surface area contributed by atoms with Crippen LogP contribution in [0.1, 0.15) is 91.1 Å². The predicted molar refractivity (Wildman–Crippen MR) is 129 cm³/mol. The summed E-state index contributed by atoms with van der Waals surface area (Å²) in [5.41, 5.74) is 6.33. The summed E-state index contributed by atoms with van der Waals surface area (Å²) in [6, 6.07) is 14.2. The average Bonchev–Trinajstić information content (AvgIpc) is 3.27. The third-order valence-corrected chi connectivity index (χ3v) is 7.95. The lowest BCUT2D eigenvalue weighted by atomic mass is 9.83. The quantitative estimate of drug-likeness (QED) is 0.454. The lowest BCUT2D eigenvalue weighted by Crippen LogP contribution is -2.39. The van der Waals surface area contributed by atoms with Crippen molar-refractivity contribution in [3.63, 3.8) is 0 Å². The van der Waals surface area contributed by atoms with Crippen LogP contribution in [0.25, 0.3) is 0 Å². The van der Waals surface area contributed by atoms with Crippen LogP contribution in [0.5, 0.6) is 0 Å². The molecule has 1 N–H and O–H groups in total. The number of ketones is 1. The first kappa shape index (κ1) is 22.1. The summed E-state index contributed by atoms with van der Waals surface area (Å²) in [6.07, 6.45) is 6.36. The maximum atomic E-state index is 13.7. The van der Waals surface area contributed by atoms with Gasteiger partial charge < -0.3 is 5.43 Å². The van der Waals surface area contributed by atoms with Crippen molar-refractivity contribution in [2.75, 3.05) is 5.43 Å². The second-order valence-electron chi connectivity index (χ2n) is 9.35. The van der Waals surface area contributed by atoms with E-state index in [1.54, 1.807) is 12.1 Å². The molecule has 1 saturated carbocycles. The van der Waals surface area contributed by atoms with Crippen molar-refractivity contribution >= 4 is 17.5 Å². The molecule has 1 aromatic heterocycles. The summed E-state index contributed by atoms with van der Waals surface area (Å²) in [5, 5.41) is 8.89. The topological polar surface area (TPSA) is 59.8 Å². The number of aromatic nitrogens is 3. The Morgan fingerprint density at radius 2 is 1.67 bits per heavy atom. The van der Waals surface area contributed by atoms with Gasteiger partial charge in [-0.1, -0.05) is 81.3 Å². The van der Waals surface area contributed by atoms with Gasteiger partial charge in [0.15, 0.2) is 11.6 Å². The van der Waals surface area contributed by atoms with E-state index in [0.717, 1.165) is 11.4 Å². The summed E-state index contributed by atoms with van der Waals surface area (Å²) < 4.78 is 15.5. The largest absolute Gasteiger partial charge is 0.313 e. The van der Waals surface area contributed by atoms with E-state index >= 15 is 0 Å². The molecule has 1 aliphatic heterocycles. The predicted octanol–water partition coefficient (Wildman–Crippen LogP) is 6.23. The van der Waals surface area contributed by atoms with Crippen molar-refractivity contribution in [3.05, 3.63) is 76.9 Å². The molecule has 7 heteroatoms. The molecule has 2 aliphatic rings. The number of hydrogen-bond donors (Lipinski definition) is 1. The van der Waals surface area contributed by atoms with E-state index in [4.69, 9.17) is 0 Å². The van der Waals surface area contributed by atoms with Gasteiger partial charge in [0.25, 0.3) is 0 Å². The van der Waals surface area contributed by atoms with Gasteiger partial charge in [-0.05, 0) is 42.0 Å². The van der Waals surface area contributed by atoms with Crippen molar-refractivity contribution in [3.8, 4) is 0 Å². The third-order valence-electron chi connectivity index (χ3n) is 6.74. The van der Waals surface area contributed by atoms with Crippen LogP contribution in [0.15, 0.2) is 53.7 Å². The van der Waals surface area contributed by atoms with E-state index in [-0.39, 0.29) is 23.6 Å². The number of halogens is 1. The molecule has 1 fully saturated rings. The van der Waals surface area contributed by atoms with Crippen molar-refractivity contribution in [2.45, 2.75) is 74.2 Å². The lowest BCUT2D eigenvalue weighted by molar-refractivity contribution is 0.0980. The molecule has 5 rings (SSSR count). The molecule has 172 valence electrons. The summed E-state index contributed by atoms with van der Waals surface area (Å²) >= 11 is 1.42. The molecule has 1 aliphatic carbocycles. The second kappa shape index (κ2) is 9.29. The van der Waals surface area contributed by atoms with Crippen LogP contribution < -0.4 is 5.43 Å². The molecule has 2 aromatic carbocycles. The van der Waals surface area contributed by atoms with Crippen LogP contribution >= 0.6 is 11.8 Å². The molecular formula is C26H29FN4OS. The van der Waals surface area contributed by atoms with Crippen LogP contribution in [-0.4, -0.2) is 25.9 Å². The van der Waals surface area contributed by atoms with Gasteiger partial charge in [-0.3, -0.25) is 4.79 Å². The zero-order chi connectivity index (χ0) is 22.9. The number of nitrogens with zero attached hydrogens (tertiary/aromatic N) is 3. The van der Waals surface area contributed by atoms with Crippen LogP contribution in [0.3, 0.4) is 0 Å². The summed E-state index contributed by atoms with van der Waals surface area (Å²) in [4.78, 5) is 13.7. The highest BCUT2D eigenvalue weighted by atomic mass is 32.2. The van der Waals surface area contributed by atoms with E-state index in [0.29, 0.717) is 16.6 Å². The summed E-state index contributed by atoms with van der Waals surface area (Å²) in [7, 11) is 0. The third kappa shape index (κ3) is 4.43.